The standard InChI is InChI=1S/C15H18F2N2O2/c1-2-18-14-10(16)5-8(6-11(14)17)15(20)19-12-7-9-3-4-13(12)21-9/h5-6,9,12-13,18H,2-4,7H2,1H3,(H,19,20). The molecule has 1 aromatic carbocycles. The first-order valence-corrected chi connectivity index (χ1v) is 7.27. The minimum Gasteiger partial charge on any atom is -0.381 e. The smallest absolute Gasteiger partial charge is 0.251 e. The van der Waals surface area contributed by atoms with E-state index in [4.69, 9.17) is 4.74 Å². The van der Waals surface area contributed by atoms with Crippen LogP contribution in [0.1, 0.15) is 36.5 Å². The zero-order valence-corrected chi connectivity index (χ0v) is 11.8. The topological polar surface area (TPSA) is 50.4 Å². The Kier molecular flexibility index (Phi) is 3.80. The van der Waals surface area contributed by atoms with E-state index in [2.05, 4.69) is 10.6 Å². The van der Waals surface area contributed by atoms with Crippen molar-refractivity contribution in [3.8, 4) is 0 Å². The lowest BCUT2D eigenvalue weighted by molar-refractivity contribution is 0.0840. The first-order valence-electron chi connectivity index (χ1n) is 7.27. The molecule has 0 spiro atoms. The van der Waals surface area contributed by atoms with Gasteiger partial charge >= 0.3 is 0 Å². The lowest BCUT2D eigenvalue weighted by atomic mass is 9.95. The first kappa shape index (κ1) is 14.3. The van der Waals surface area contributed by atoms with Gasteiger partial charge in [0.25, 0.3) is 5.91 Å². The molecule has 4 nitrogen and oxygen atoms in total. The summed E-state index contributed by atoms with van der Waals surface area (Å²) in [6.07, 6.45) is 2.98. The monoisotopic (exact) mass is 296 g/mol. The highest BCUT2D eigenvalue weighted by Gasteiger charge is 2.41. The molecule has 1 amide bonds. The van der Waals surface area contributed by atoms with Crippen LogP contribution in [0.5, 0.6) is 0 Å². The number of amides is 1. The fourth-order valence-corrected chi connectivity index (χ4v) is 3.09. The second-order valence-electron chi connectivity index (χ2n) is 5.53. The molecule has 2 heterocycles. The van der Waals surface area contributed by atoms with E-state index in [0.29, 0.717) is 6.54 Å². The molecule has 0 saturated carbocycles. The largest absolute Gasteiger partial charge is 0.381 e. The van der Waals surface area contributed by atoms with E-state index in [1.165, 1.54) is 0 Å². The van der Waals surface area contributed by atoms with Gasteiger partial charge < -0.3 is 15.4 Å². The lowest BCUT2D eigenvalue weighted by Gasteiger charge is -2.20. The van der Waals surface area contributed by atoms with Crippen LogP contribution >= 0.6 is 0 Å². The Morgan fingerprint density at radius 1 is 1.33 bits per heavy atom. The van der Waals surface area contributed by atoms with Crippen molar-refractivity contribution in [1.82, 2.24) is 5.32 Å². The number of hydrogen-bond acceptors (Lipinski definition) is 3. The average molecular weight is 296 g/mol. The number of nitrogens with one attached hydrogen (secondary N) is 2. The summed E-state index contributed by atoms with van der Waals surface area (Å²) in [5, 5.41) is 5.42. The fourth-order valence-electron chi connectivity index (χ4n) is 3.09. The summed E-state index contributed by atoms with van der Waals surface area (Å²) in [5.74, 6) is -1.98. The van der Waals surface area contributed by atoms with Crippen molar-refractivity contribution in [3.05, 3.63) is 29.3 Å². The molecule has 6 heteroatoms. The van der Waals surface area contributed by atoms with Crippen LogP contribution in [-0.2, 0) is 4.74 Å². The highest BCUT2D eigenvalue weighted by Crippen LogP contribution is 2.34. The van der Waals surface area contributed by atoms with Gasteiger partial charge in [-0.2, -0.15) is 0 Å². The minimum absolute atomic E-state index is 0.00516. The second-order valence-corrected chi connectivity index (χ2v) is 5.53. The van der Waals surface area contributed by atoms with Gasteiger partial charge in [-0.25, -0.2) is 8.78 Å². The fraction of sp³-hybridized carbons (Fsp3) is 0.533. The normalized spacial score (nSPS) is 26.9. The molecule has 2 saturated heterocycles. The van der Waals surface area contributed by atoms with Gasteiger partial charge in [0.05, 0.1) is 18.2 Å². The summed E-state index contributed by atoms with van der Waals surface area (Å²) in [7, 11) is 0. The number of hydrogen-bond donors (Lipinski definition) is 2. The molecule has 2 N–H and O–H groups in total. The Morgan fingerprint density at radius 2 is 2.05 bits per heavy atom. The Morgan fingerprint density at radius 3 is 2.57 bits per heavy atom. The first-order chi connectivity index (χ1) is 10.1. The van der Waals surface area contributed by atoms with Crippen molar-refractivity contribution in [2.75, 3.05) is 11.9 Å². The van der Waals surface area contributed by atoms with E-state index >= 15 is 0 Å². The van der Waals surface area contributed by atoms with Crippen LogP contribution in [0.3, 0.4) is 0 Å². The quantitative estimate of drug-likeness (QED) is 0.897. The number of benzene rings is 1. The van der Waals surface area contributed by atoms with Crippen LogP contribution in [0, 0.1) is 11.6 Å². The lowest BCUT2D eigenvalue weighted by Crippen LogP contribution is -2.41. The molecule has 0 aliphatic carbocycles. The number of anilines is 1. The predicted octanol–water partition coefficient (Wildman–Crippen LogP) is 2.45. The third kappa shape index (κ3) is 2.72. The number of rotatable bonds is 4. The Hall–Kier alpha value is -1.69. The summed E-state index contributed by atoms with van der Waals surface area (Å²) in [6, 6.07) is 2.06. The van der Waals surface area contributed by atoms with Crippen LogP contribution in [-0.4, -0.2) is 30.7 Å². The summed E-state index contributed by atoms with van der Waals surface area (Å²) < 4.78 is 33.3. The minimum atomic E-state index is -0.758. The van der Waals surface area contributed by atoms with Crippen molar-refractivity contribution in [2.24, 2.45) is 0 Å². The summed E-state index contributed by atoms with van der Waals surface area (Å²) in [6.45, 7) is 2.15. The van der Waals surface area contributed by atoms with Gasteiger partial charge in [-0.1, -0.05) is 0 Å². The van der Waals surface area contributed by atoms with Crippen molar-refractivity contribution >= 4 is 11.6 Å². The molecule has 2 bridgehead atoms. The molecule has 2 aliphatic rings. The molecule has 2 fully saturated rings. The SMILES string of the molecule is CCNc1c(F)cc(C(=O)NC2CC3CCC2O3)cc1F. The van der Waals surface area contributed by atoms with Gasteiger partial charge in [-0.3, -0.25) is 4.79 Å². The van der Waals surface area contributed by atoms with Crippen LogP contribution in [0.15, 0.2) is 12.1 Å². The molecule has 3 unspecified atom stereocenters. The Bertz CT molecular complexity index is 542. The molecule has 114 valence electrons. The van der Waals surface area contributed by atoms with Crippen molar-refractivity contribution in [3.63, 3.8) is 0 Å². The van der Waals surface area contributed by atoms with Crippen LogP contribution < -0.4 is 10.6 Å². The molecule has 0 aromatic heterocycles. The maximum absolute atomic E-state index is 13.8. The Labute approximate surface area is 121 Å². The molecular formula is C15H18F2N2O2. The van der Waals surface area contributed by atoms with Crippen LogP contribution in [0.4, 0.5) is 14.5 Å². The summed E-state index contributed by atoms with van der Waals surface area (Å²) in [4.78, 5) is 12.1. The van der Waals surface area contributed by atoms with E-state index in [0.717, 1.165) is 31.4 Å². The number of carbonyl (C=O) groups excluding carboxylic acids is 1. The van der Waals surface area contributed by atoms with E-state index in [1.807, 2.05) is 0 Å². The van der Waals surface area contributed by atoms with Gasteiger partial charge in [0, 0.05) is 12.1 Å². The van der Waals surface area contributed by atoms with E-state index in [-0.39, 0.29) is 29.5 Å². The van der Waals surface area contributed by atoms with Gasteiger partial charge in [0.1, 0.15) is 17.3 Å². The second kappa shape index (κ2) is 5.60. The molecule has 3 atom stereocenters. The zero-order chi connectivity index (χ0) is 15.0. The maximum Gasteiger partial charge on any atom is 0.251 e. The molecule has 1 aromatic rings. The summed E-state index contributed by atoms with van der Waals surface area (Å²) >= 11 is 0. The number of fused-ring (bicyclic) bond motifs is 2. The number of ether oxygens (including phenoxy) is 1. The molecular weight excluding hydrogens is 278 g/mol. The van der Waals surface area contributed by atoms with E-state index in [1.54, 1.807) is 6.92 Å². The van der Waals surface area contributed by atoms with Crippen LogP contribution in [0.25, 0.3) is 0 Å². The maximum atomic E-state index is 13.8. The van der Waals surface area contributed by atoms with Crippen molar-refractivity contribution < 1.29 is 18.3 Å². The molecule has 0 radical (unpaired) electrons. The number of carbonyl (C=O) groups is 1. The Balaban J connectivity index is 1.73. The molecule has 2 aliphatic heterocycles. The predicted molar refractivity (Wildman–Crippen MR) is 74.3 cm³/mol. The van der Waals surface area contributed by atoms with Gasteiger partial charge in [0.15, 0.2) is 0 Å². The van der Waals surface area contributed by atoms with E-state index < -0.39 is 17.5 Å². The highest BCUT2D eigenvalue weighted by atomic mass is 19.1. The highest BCUT2D eigenvalue weighted by molar-refractivity contribution is 5.95. The number of halogens is 2. The van der Waals surface area contributed by atoms with Crippen molar-refractivity contribution in [1.29, 1.82) is 0 Å². The van der Waals surface area contributed by atoms with Gasteiger partial charge in [0.2, 0.25) is 0 Å². The van der Waals surface area contributed by atoms with Crippen molar-refractivity contribution in [2.45, 2.75) is 44.4 Å². The van der Waals surface area contributed by atoms with Gasteiger partial charge in [-0.05, 0) is 38.3 Å². The molecule has 3 rings (SSSR count). The van der Waals surface area contributed by atoms with Crippen LogP contribution in [0.2, 0.25) is 0 Å². The average Bonchev–Trinajstić information content (AvgIpc) is 3.05. The third-order valence-electron chi connectivity index (χ3n) is 4.08. The zero-order valence-electron chi connectivity index (χ0n) is 11.8. The molecule has 21 heavy (non-hydrogen) atoms. The summed E-state index contributed by atoms with van der Waals surface area (Å²) in [5.41, 5.74) is -0.202. The third-order valence-corrected chi connectivity index (χ3v) is 4.08. The van der Waals surface area contributed by atoms with Gasteiger partial charge in [-0.15, -0.1) is 0 Å². The van der Waals surface area contributed by atoms with E-state index in [9.17, 15) is 13.6 Å².